The third-order valence-electron chi connectivity index (χ3n) is 3.25. The van der Waals surface area contributed by atoms with E-state index >= 15 is 0 Å². The van der Waals surface area contributed by atoms with E-state index in [0.29, 0.717) is 0 Å². The van der Waals surface area contributed by atoms with Crippen LogP contribution in [0.4, 0.5) is 0 Å². The van der Waals surface area contributed by atoms with Crippen LogP contribution >= 0.6 is 0 Å². The minimum absolute atomic E-state index is 0.109. The molecule has 1 fully saturated rings. The highest BCUT2D eigenvalue weighted by molar-refractivity contribution is 4.94. The van der Waals surface area contributed by atoms with Crippen molar-refractivity contribution in [3.63, 3.8) is 0 Å². The van der Waals surface area contributed by atoms with Crippen LogP contribution in [-0.2, 0) is 13.1 Å². The maximum atomic E-state index is 9.44. The number of likely N-dealkylation sites (tertiary alicyclic amines) is 1. The minimum Gasteiger partial charge on any atom is -0.393 e. The molecule has 0 atom stereocenters. The van der Waals surface area contributed by atoms with Gasteiger partial charge in [-0.1, -0.05) is 0 Å². The molecule has 16 heavy (non-hydrogen) atoms. The molecule has 2 heterocycles. The first-order valence-electron chi connectivity index (χ1n) is 5.99. The Morgan fingerprint density at radius 1 is 1.31 bits per heavy atom. The zero-order chi connectivity index (χ0) is 11.5. The van der Waals surface area contributed by atoms with Crippen LogP contribution in [0.25, 0.3) is 0 Å². The molecule has 0 amide bonds. The fourth-order valence-corrected chi connectivity index (χ4v) is 2.23. The van der Waals surface area contributed by atoms with Gasteiger partial charge in [-0.3, -0.25) is 4.90 Å². The van der Waals surface area contributed by atoms with Crippen molar-refractivity contribution in [1.82, 2.24) is 19.7 Å². The monoisotopic (exact) mass is 224 g/mol. The molecule has 2 rings (SSSR count). The maximum absolute atomic E-state index is 9.44. The van der Waals surface area contributed by atoms with Gasteiger partial charge in [-0.15, -0.1) is 10.2 Å². The average molecular weight is 224 g/mol. The predicted octanol–water partition coefficient (Wildman–Crippen LogP) is 0.563. The number of hydrogen-bond donors (Lipinski definition) is 1. The van der Waals surface area contributed by atoms with E-state index in [2.05, 4.69) is 26.6 Å². The molecular weight excluding hydrogens is 204 g/mol. The van der Waals surface area contributed by atoms with Gasteiger partial charge in [0.1, 0.15) is 11.6 Å². The summed E-state index contributed by atoms with van der Waals surface area (Å²) < 4.78 is 2.14. The summed E-state index contributed by atoms with van der Waals surface area (Å²) >= 11 is 0. The van der Waals surface area contributed by atoms with Crippen molar-refractivity contribution in [3.05, 3.63) is 11.6 Å². The van der Waals surface area contributed by atoms with E-state index in [4.69, 9.17) is 0 Å². The molecule has 1 aliphatic rings. The van der Waals surface area contributed by atoms with E-state index in [1.54, 1.807) is 0 Å². The van der Waals surface area contributed by atoms with Crippen LogP contribution in [0.1, 0.15) is 31.4 Å². The number of piperidine rings is 1. The lowest BCUT2D eigenvalue weighted by atomic mass is 10.1. The van der Waals surface area contributed by atoms with Crippen molar-refractivity contribution >= 4 is 0 Å². The van der Waals surface area contributed by atoms with E-state index in [1.807, 2.05) is 6.92 Å². The van der Waals surface area contributed by atoms with Crippen LogP contribution in [0.3, 0.4) is 0 Å². The summed E-state index contributed by atoms with van der Waals surface area (Å²) in [6, 6.07) is 0. The van der Waals surface area contributed by atoms with Crippen LogP contribution < -0.4 is 0 Å². The van der Waals surface area contributed by atoms with Gasteiger partial charge in [0.25, 0.3) is 0 Å². The topological polar surface area (TPSA) is 54.2 Å². The molecule has 0 aliphatic carbocycles. The third-order valence-corrected chi connectivity index (χ3v) is 3.25. The largest absolute Gasteiger partial charge is 0.393 e. The average Bonchev–Trinajstić information content (AvgIpc) is 2.63. The summed E-state index contributed by atoms with van der Waals surface area (Å²) in [5.41, 5.74) is 0. The van der Waals surface area contributed by atoms with Gasteiger partial charge in [-0.25, -0.2) is 0 Å². The SMILES string of the molecule is CCn1c(C)nnc1CN1CCC(O)CC1. The number of aryl methyl sites for hydroxylation is 1. The molecule has 1 aromatic rings. The summed E-state index contributed by atoms with van der Waals surface area (Å²) in [6.45, 7) is 7.78. The second kappa shape index (κ2) is 4.93. The highest BCUT2D eigenvalue weighted by Gasteiger charge is 2.19. The number of aliphatic hydroxyl groups excluding tert-OH is 1. The van der Waals surface area contributed by atoms with Gasteiger partial charge in [-0.2, -0.15) is 0 Å². The van der Waals surface area contributed by atoms with Crippen molar-refractivity contribution < 1.29 is 5.11 Å². The molecule has 1 saturated heterocycles. The maximum Gasteiger partial charge on any atom is 0.147 e. The molecule has 0 radical (unpaired) electrons. The summed E-state index contributed by atoms with van der Waals surface area (Å²) in [5.74, 6) is 2.02. The molecule has 0 bridgehead atoms. The van der Waals surface area contributed by atoms with Gasteiger partial charge >= 0.3 is 0 Å². The molecule has 90 valence electrons. The van der Waals surface area contributed by atoms with Crippen LogP contribution in [0, 0.1) is 6.92 Å². The van der Waals surface area contributed by atoms with Crippen LogP contribution in [0.15, 0.2) is 0 Å². The van der Waals surface area contributed by atoms with Crippen LogP contribution in [0.2, 0.25) is 0 Å². The fraction of sp³-hybridized carbons (Fsp3) is 0.818. The third kappa shape index (κ3) is 2.41. The molecule has 1 N–H and O–H groups in total. The molecule has 0 unspecified atom stereocenters. The number of aliphatic hydroxyl groups is 1. The molecule has 1 aliphatic heterocycles. The molecular formula is C11H20N4O. The second-order valence-electron chi connectivity index (χ2n) is 4.42. The zero-order valence-corrected chi connectivity index (χ0v) is 10.1. The van der Waals surface area contributed by atoms with Crippen molar-refractivity contribution in [3.8, 4) is 0 Å². The van der Waals surface area contributed by atoms with Gasteiger partial charge in [0, 0.05) is 19.6 Å². The highest BCUT2D eigenvalue weighted by atomic mass is 16.3. The predicted molar refractivity (Wildman–Crippen MR) is 61.0 cm³/mol. The van der Waals surface area contributed by atoms with Crippen LogP contribution in [-0.4, -0.2) is 44.0 Å². The first-order chi connectivity index (χ1) is 7.70. The quantitative estimate of drug-likeness (QED) is 0.815. The summed E-state index contributed by atoms with van der Waals surface area (Å²) in [4.78, 5) is 2.34. The summed E-state index contributed by atoms with van der Waals surface area (Å²) in [7, 11) is 0. The zero-order valence-electron chi connectivity index (χ0n) is 10.1. The standard InChI is InChI=1S/C11H20N4O/c1-3-15-9(2)12-13-11(15)8-14-6-4-10(16)5-7-14/h10,16H,3-8H2,1-2H3. The lowest BCUT2D eigenvalue weighted by Crippen LogP contribution is -2.36. The van der Waals surface area contributed by atoms with E-state index in [9.17, 15) is 5.11 Å². The Morgan fingerprint density at radius 3 is 2.62 bits per heavy atom. The Morgan fingerprint density at radius 2 is 2.00 bits per heavy atom. The molecule has 0 saturated carbocycles. The first kappa shape index (κ1) is 11.5. The number of rotatable bonds is 3. The van der Waals surface area contributed by atoms with E-state index < -0.39 is 0 Å². The Kier molecular flexibility index (Phi) is 3.56. The van der Waals surface area contributed by atoms with Gasteiger partial charge in [0.05, 0.1) is 12.6 Å². The second-order valence-corrected chi connectivity index (χ2v) is 4.42. The molecule has 5 nitrogen and oxygen atoms in total. The molecule has 5 heteroatoms. The summed E-state index contributed by atoms with van der Waals surface area (Å²) in [6.07, 6.45) is 1.64. The Bertz CT molecular complexity index is 342. The van der Waals surface area contributed by atoms with E-state index in [1.165, 1.54) is 0 Å². The Hall–Kier alpha value is -0.940. The Labute approximate surface area is 96.1 Å². The number of nitrogens with zero attached hydrogens (tertiary/aromatic N) is 4. The van der Waals surface area contributed by atoms with E-state index in [0.717, 1.165) is 50.7 Å². The van der Waals surface area contributed by atoms with Gasteiger partial charge in [-0.05, 0) is 26.7 Å². The molecule has 0 aromatic carbocycles. The van der Waals surface area contributed by atoms with Gasteiger partial charge < -0.3 is 9.67 Å². The minimum atomic E-state index is -0.109. The van der Waals surface area contributed by atoms with Crippen molar-refractivity contribution in [2.45, 2.75) is 45.9 Å². The van der Waals surface area contributed by atoms with Gasteiger partial charge in [0.15, 0.2) is 0 Å². The molecule has 0 spiro atoms. The molecule has 1 aromatic heterocycles. The van der Waals surface area contributed by atoms with Crippen molar-refractivity contribution in [1.29, 1.82) is 0 Å². The normalized spacial score (nSPS) is 19.2. The Balaban J connectivity index is 1.98. The lowest BCUT2D eigenvalue weighted by molar-refractivity contribution is 0.0774. The smallest absolute Gasteiger partial charge is 0.147 e. The van der Waals surface area contributed by atoms with E-state index in [-0.39, 0.29) is 6.10 Å². The highest BCUT2D eigenvalue weighted by Crippen LogP contribution is 2.13. The van der Waals surface area contributed by atoms with Crippen LogP contribution in [0.5, 0.6) is 0 Å². The number of aromatic nitrogens is 3. The number of hydrogen-bond acceptors (Lipinski definition) is 4. The first-order valence-corrected chi connectivity index (χ1v) is 5.99. The fourth-order valence-electron chi connectivity index (χ4n) is 2.23. The summed E-state index contributed by atoms with van der Waals surface area (Å²) in [5, 5.41) is 17.8. The lowest BCUT2D eigenvalue weighted by Gasteiger charge is -2.28. The van der Waals surface area contributed by atoms with Crippen molar-refractivity contribution in [2.75, 3.05) is 13.1 Å². The van der Waals surface area contributed by atoms with Crippen molar-refractivity contribution in [2.24, 2.45) is 0 Å². The van der Waals surface area contributed by atoms with Gasteiger partial charge in [0.2, 0.25) is 0 Å².